The molecule has 0 radical (unpaired) electrons. The van der Waals surface area contributed by atoms with Gasteiger partial charge in [-0.2, -0.15) is 0 Å². The van der Waals surface area contributed by atoms with Gasteiger partial charge in [-0.3, -0.25) is 0 Å². The van der Waals surface area contributed by atoms with E-state index >= 15 is 0 Å². The molecule has 4 heteroatoms. The number of hydrogen-bond donors (Lipinski definition) is 2. The molecule has 0 aliphatic heterocycles. The molecular formula is C11H18N2O2. The third-order valence-corrected chi connectivity index (χ3v) is 2.17. The zero-order valence-electron chi connectivity index (χ0n) is 9.68. The summed E-state index contributed by atoms with van der Waals surface area (Å²) in [6, 6.07) is 3.84. The van der Waals surface area contributed by atoms with E-state index in [0.717, 1.165) is 22.7 Å². The monoisotopic (exact) mass is 210 g/mol. The van der Waals surface area contributed by atoms with Crippen LogP contribution in [0.5, 0.6) is 11.5 Å². The molecule has 0 bridgehead atoms. The van der Waals surface area contributed by atoms with Crippen molar-refractivity contribution in [1.29, 1.82) is 0 Å². The van der Waals surface area contributed by atoms with Gasteiger partial charge in [-0.1, -0.05) is 0 Å². The van der Waals surface area contributed by atoms with Gasteiger partial charge in [0, 0.05) is 6.07 Å². The van der Waals surface area contributed by atoms with Gasteiger partial charge in [0.25, 0.3) is 0 Å². The minimum Gasteiger partial charge on any atom is -0.497 e. The normalized spacial score (nSPS) is 9.87. The van der Waals surface area contributed by atoms with Gasteiger partial charge in [0.15, 0.2) is 0 Å². The van der Waals surface area contributed by atoms with Crippen molar-refractivity contribution in [1.82, 2.24) is 5.32 Å². The van der Waals surface area contributed by atoms with E-state index in [0.29, 0.717) is 6.67 Å². The molecule has 0 spiro atoms. The molecule has 1 aromatic rings. The Kier molecular flexibility index (Phi) is 4.24. The molecule has 0 atom stereocenters. The molecule has 0 saturated heterocycles. The minimum absolute atomic E-state index is 0.698. The summed E-state index contributed by atoms with van der Waals surface area (Å²) < 4.78 is 10.5. The van der Waals surface area contributed by atoms with Crippen LogP contribution < -0.4 is 20.1 Å². The molecule has 15 heavy (non-hydrogen) atoms. The zero-order valence-corrected chi connectivity index (χ0v) is 9.68. The SMILES string of the molecule is CNCNc1c(C)cc(OC)cc1OC. The summed E-state index contributed by atoms with van der Waals surface area (Å²) in [6.45, 7) is 2.71. The third-order valence-electron chi connectivity index (χ3n) is 2.17. The Balaban J connectivity index is 3.01. The lowest BCUT2D eigenvalue weighted by molar-refractivity contribution is 0.395. The van der Waals surface area contributed by atoms with Gasteiger partial charge in [-0.25, -0.2) is 0 Å². The Morgan fingerprint density at radius 3 is 2.47 bits per heavy atom. The molecule has 1 aromatic carbocycles. The van der Waals surface area contributed by atoms with Crippen molar-refractivity contribution in [3.8, 4) is 11.5 Å². The molecule has 0 aliphatic rings. The van der Waals surface area contributed by atoms with E-state index in [1.165, 1.54) is 0 Å². The molecule has 0 unspecified atom stereocenters. The van der Waals surface area contributed by atoms with Crippen molar-refractivity contribution in [2.45, 2.75) is 6.92 Å². The highest BCUT2D eigenvalue weighted by Gasteiger charge is 2.08. The fourth-order valence-corrected chi connectivity index (χ4v) is 1.41. The van der Waals surface area contributed by atoms with Crippen LogP contribution in [-0.4, -0.2) is 27.9 Å². The number of rotatable bonds is 5. The average molecular weight is 210 g/mol. The second kappa shape index (κ2) is 5.46. The van der Waals surface area contributed by atoms with Crippen molar-refractivity contribution in [3.63, 3.8) is 0 Å². The van der Waals surface area contributed by atoms with Crippen molar-refractivity contribution < 1.29 is 9.47 Å². The van der Waals surface area contributed by atoms with Crippen LogP contribution in [0.15, 0.2) is 12.1 Å². The molecule has 0 amide bonds. The maximum Gasteiger partial charge on any atom is 0.145 e. The largest absolute Gasteiger partial charge is 0.497 e. The summed E-state index contributed by atoms with van der Waals surface area (Å²) in [5, 5.41) is 6.27. The summed E-state index contributed by atoms with van der Waals surface area (Å²) in [6.07, 6.45) is 0. The Morgan fingerprint density at radius 2 is 1.93 bits per heavy atom. The second-order valence-electron chi connectivity index (χ2n) is 3.23. The maximum atomic E-state index is 5.30. The van der Waals surface area contributed by atoms with E-state index in [2.05, 4.69) is 10.6 Å². The number of benzene rings is 1. The second-order valence-corrected chi connectivity index (χ2v) is 3.23. The molecule has 4 nitrogen and oxygen atoms in total. The van der Waals surface area contributed by atoms with Gasteiger partial charge >= 0.3 is 0 Å². The van der Waals surface area contributed by atoms with E-state index in [-0.39, 0.29) is 0 Å². The fourth-order valence-electron chi connectivity index (χ4n) is 1.41. The van der Waals surface area contributed by atoms with E-state index in [4.69, 9.17) is 9.47 Å². The first kappa shape index (κ1) is 11.7. The van der Waals surface area contributed by atoms with Crippen molar-refractivity contribution in [2.75, 3.05) is 33.3 Å². The van der Waals surface area contributed by atoms with Gasteiger partial charge < -0.3 is 20.1 Å². The van der Waals surface area contributed by atoms with Crippen molar-refractivity contribution in [2.24, 2.45) is 0 Å². The Hall–Kier alpha value is -1.42. The molecule has 1 rings (SSSR count). The first-order valence-electron chi connectivity index (χ1n) is 4.84. The zero-order chi connectivity index (χ0) is 11.3. The van der Waals surface area contributed by atoms with Crippen LogP contribution in [-0.2, 0) is 0 Å². The third kappa shape index (κ3) is 2.76. The number of anilines is 1. The van der Waals surface area contributed by atoms with E-state index in [9.17, 15) is 0 Å². The molecular weight excluding hydrogens is 192 g/mol. The fraction of sp³-hybridized carbons (Fsp3) is 0.455. The summed E-state index contributed by atoms with van der Waals surface area (Å²) in [5.41, 5.74) is 2.09. The van der Waals surface area contributed by atoms with Crippen molar-refractivity contribution >= 4 is 5.69 Å². The predicted octanol–water partition coefficient (Wildman–Crippen LogP) is 1.60. The highest BCUT2D eigenvalue weighted by molar-refractivity contribution is 5.64. The van der Waals surface area contributed by atoms with E-state index in [1.54, 1.807) is 14.2 Å². The van der Waals surface area contributed by atoms with Gasteiger partial charge in [0.05, 0.1) is 26.6 Å². The first-order chi connectivity index (χ1) is 7.22. The summed E-state index contributed by atoms with van der Waals surface area (Å²) >= 11 is 0. The maximum absolute atomic E-state index is 5.30. The van der Waals surface area contributed by atoms with Gasteiger partial charge in [0.1, 0.15) is 11.5 Å². The van der Waals surface area contributed by atoms with E-state index in [1.807, 2.05) is 26.1 Å². The molecule has 0 aromatic heterocycles. The molecule has 0 fully saturated rings. The quantitative estimate of drug-likeness (QED) is 0.724. The topological polar surface area (TPSA) is 42.5 Å². The van der Waals surface area contributed by atoms with Crippen LogP contribution in [0.1, 0.15) is 5.56 Å². The molecule has 0 saturated carbocycles. The number of nitrogens with one attached hydrogen (secondary N) is 2. The molecule has 0 heterocycles. The Bertz CT molecular complexity index is 327. The Labute approximate surface area is 90.6 Å². The lowest BCUT2D eigenvalue weighted by Gasteiger charge is -2.15. The standard InChI is InChI=1S/C11H18N2O2/c1-8-5-9(14-3)6-10(15-4)11(8)13-7-12-2/h5-6,12-13H,7H2,1-4H3. The van der Waals surface area contributed by atoms with Crippen LogP contribution in [0.3, 0.4) is 0 Å². The number of methoxy groups -OCH3 is 2. The lowest BCUT2D eigenvalue weighted by atomic mass is 10.1. The number of ether oxygens (including phenoxy) is 2. The van der Waals surface area contributed by atoms with Crippen LogP contribution in [0, 0.1) is 6.92 Å². The van der Waals surface area contributed by atoms with E-state index < -0.39 is 0 Å². The number of hydrogen-bond acceptors (Lipinski definition) is 4. The molecule has 2 N–H and O–H groups in total. The Morgan fingerprint density at radius 1 is 1.20 bits per heavy atom. The molecule has 84 valence electrons. The first-order valence-corrected chi connectivity index (χ1v) is 4.84. The lowest BCUT2D eigenvalue weighted by Crippen LogP contribution is -2.17. The van der Waals surface area contributed by atoms with Crippen LogP contribution in [0.4, 0.5) is 5.69 Å². The van der Waals surface area contributed by atoms with Crippen molar-refractivity contribution in [3.05, 3.63) is 17.7 Å². The van der Waals surface area contributed by atoms with Gasteiger partial charge in [-0.15, -0.1) is 0 Å². The smallest absolute Gasteiger partial charge is 0.145 e. The van der Waals surface area contributed by atoms with Crippen LogP contribution in [0.25, 0.3) is 0 Å². The van der Waals surface area contributed by atoms with Gasteiger partial charge in [0.2, 0.25) is 0 Å². The van der Waals surface area contributed by atoms with Crippen LogP contribution >= 0.6 is 0 Å². The number of aryl methyl sites for hydroxylation is 1. The summed E-state index contributed by atoms with van der Waals surface area (Å²) in [5.74, 6) is 1.60. The highest BCUT2D eigenvalue weighted by atomic mass is 16.5. The summed E-state index contributed by atoms with van der Waals surface area (Å²) in [4.78, 5) is 0. The predicted molar refractivity (Wildman–Crippen MR) is 61.8 cm³/mol. The minimum atomic E-state index is 0.698. The average Bonchev–Trinajstić information content (AvgIpc) is 2.26. The summed E-state index contributed by atoms with van der Waals surface area (Å²) in [7, 11) is 5.19. The highest BCUT2D eigenvalue weighted by Crippen LogP contribution is 2.32. The van der Waals surface area contributed by atoms with Crippen LogP contribution in [0.2, 0.25) is 0 Å². The molecule has 0 aliphatic carbocycles. The van der Waals surface area contributed by atoms with Gasteiger partial charge in [-0.05, 0) is 25.6 Å².